The number of benzene rings is 1. The van der Waals surface area contributed by atoms with Gasteiger partial charge >= 0.3 is 0 Å². The summed E-state index contributed by atoms with van der Waals surface area (Å²) in [6, 6.07) is 14.2. The first-order valence-corrected chi connectivity index (χ1v) is 9.58. The molecule has 2 aromatic heterocycles. The first kappa shape index (κ1) is 16.1. The number of pyridine rings is 1. The monoisotopic (exact) mass is 351 g/mol. The first-order valence-electron chi connectivity index (χ1n) is 8.70. The predicted molar refractivity (Wildman–Crippen MR) is 103 cm³/mol. The van der Waals surface area contributed by atoms with Crippen LogP contribution >= 0.6 is 11.3 Å². The zero-order valence-corrected chi connectivity index (χ0v) is 14.8. The fourth-order valence-electron chi connectivity index (χ4n) is 3.44. The van der Waals surface area contributed by atoms with E-state index in [1.165, 1.54) is 10.1 Å². The molecule has 1 N–H and O–H groups in total. The van der Waals surface area contributed by atoms with E-state index in [1.807, 2.05) is 36.5 Å². The van der Waals surface area contributed by atoms with Crippen molar-refractivity contribution in [1.29, 1.82) is 0 Å². The van der Waals surface area contributed by atoms with Gasteiger partial charge < -0.3 is 10.2 Å². The molecule has 1 aliphatic rings. The Balaban J connectivity index is 1.44. The Labute approximate surface area is 151 Å². The number of aromatic nitrogens is 1. The summed E-state index contributed by atoms with van der Waals surface area (Å²) in [4.78, 5) is 19.5. The SMILES string of the molecule is O=C(NCc1ccccc1)C1CCCN(c2nccc3sccc23)C1. The minimum absolute atomic E-state index is 0.0214. The van der Waals surface area contributed by atoms with Crippen molar-refractivity contribution >= 4 is 33.1 Å². The third-order valence-electron chi connectivity index (χ3n) is 4.76. The highest BCUT2D eigenvalue weighted by Gasteiger charge is 2.27. The molecule has 3 aromatic rings. The van der Waals surface area contributed by atoms with Gasteiger partial charge in [-0.3, -0.25) is 4.79 Å². The number of anilines is 1. The summed E-state index contributed by atoms with van der Waals surface area (Å²) < 4.78 is 1.25. The molecule has 5 heteroatoms. The van der Waals surface area contributed by atoms with Crippen molar-refractivity contribution in [2.75, 3.05) is 18.0 Å². The van der Waals surface area contributed by atoms with Crippen molar-refractivity contribution in [3.63, 3.8) is 0 Å². The molecule has 3 heterocycles. The van der Waals surface area contributed by atoms with E-state index in [2.05, 4.69) is 32.7 Å². The number of fused-ring (bicyclic) bond motifs is 1. The van der Waals surface area contributed by atoms with Gasteiger partial charge in [0.15, 0.2) is 0 Å². The molecule has 25 heavy (non-hydrogen) atoms. The molecular formula is C20H21N3OS. The number of nitrogens with one attached hydrogen (secondary N) is 1. The molecule has 0 aliphatic carbocycles. The maximum absolute atomic E-state index is 12.6. The van der Waals surface area contributed by atoms with Crippen molar-refractivity contribution in [2.45, 2.75) is 19.4 Å². The lowest BCUT2D eigenvalue weighted by Gasteiger charge is -2.33. The summed E-state index contributed by atoms with van der Waals surface area (Å²) in [6.45, 7) is 2.29. The maximum Gasteiger partial charge on any atom is 0.225 e. The van der Waals surface area contributed by atoms with Gasteiger partial charge in [-0.15, -0.1) is 11.3 Å². The second-order valence-electron chi connectivity index (χ2n) is 6.46. The van der Waals surface area contributed by atoms with Crippen molar-refractivity contribution in [1.82, 2.24) is 10.3 Å². The Morgan fingerprint density at radius 3 is 3.00 bits per heavy atom. The summed E-state index contributed by atoms with van der Waals surface area (Å²) in [5.74, 6) is 1.18. The molecule has 1 fully saturated rings. The van der Waals surface area contributed by atoms with E-state index in [9.17, 15) is 4.79 Å². The summed E-state index contributed by atoms with van der Waals surface area (Å²) in [6.07, 6.45) is 3.83. The van der Waals surface area contributed by atoms with Crippen LogP contribution in [0.4, 0.5) is 5.82 Å². The van der Waals surface area contributed by atoms with E-state index >= 15 is 0 Å². The van der Waals surface area contributed by atoms with Gasteiger partial charge in [-0.1, -0.05) is 30.3 Å². The molecule has 1 aromatic carbocycles. The minimum Gasteiger partial charge on any atom is -0.355 e. The van der Waals surface area contributed by atoms with Crippen LogP contribution in [0, 0.1) is 5.92 Å². The first-order chi connectivity index (χ1) is 12.3. The highest BCUT2D eigenvalue weighted by Crippen LogP contribution is 2.31. The molecule has 0 radical (unpaired) electrons. The standard InChI is InChI=1S/C20H21N3OS/c24-20(22-13-15-5-2-1-3-6-15)16-7-4-11-23(14-16)19-17-9-12-25-18(17)8-10-21-19/h1-3,5-6,8-10,12,16H,4,7,11,13-14H2,(H,22,24). The number of rotatable bonds is 4. The third kappa shape index (κ3) is 3.51. The molecule has 0 spiro atoms. The van der Waals surface area contributed by atoms with Crippen molar-refractivity contribution < 1.29 is 4.79 Å². The smallest absolute Gasteiger partial charge is 0.225 e. The van der Waals surface area contributed by atoms with Gasteiger partial charge in [0.2, 0.25) is 5.91 Å². The molecule has 128 valence electrons. The van der Waals surface area contributed by atoms with Crippen LogP contribution < -0.4 is 10.2 Å². The number of hydrogen-bond acceptors (Lipinski definition) is 4. The van der Waals surface area contributed by atoms with Gasteiger partial charge in [0.05, 0.1) is 5.92 Å². The van der Waals surface area contributed by atoms with Crippen LogP contribution in [0.25, 0.3) is 10.1 Å². The van der Waals surface area contributed by atoms with Crippen molar-refractivity contribution in [3.05, 3.63) is 59.6 Å². The number of nitrogens with zero attached hydrogens (tertiary/aromatic N) is 2. The molecule has 1 unspecified atom stereocenters. The normalized spacial score (nSPS) is 17.6. The number of carbonyl (C=O) groups is 1. The maximum atomic E-state index is 12.6. The lowest BCUT2D eigenvalue weighted by atomic mass is 9.96. The van der Waals surface area contributed by atoms with Gasteiger partial charge in [0.25, 0.3) is 0 Å². The number of amides is 1. The molecule has 0 saturated carbocycles. The van der Waals surface area contributed by atoms with Gasteiger partial charge in [0.1, 0.15) is 5.82 Å². The van der Waals surface area contributed by atoms with Crippen LogP contribution in [-0.2, 0) is 11.3 Å². The Bertz CT molecular complexity index is 862. The van der Waals surface area contributed by atoms with Gasteiger partial charge in [-0.25, -0.2) is 4.98 Å². The Morgan fingerprint density at radius 2 is 2.12 bits per heavy atom. The van der Waals surface area contributed by atoms with Crippen LogP contribution in [0.5, 0.6) is 0 Å². The van der Waals surface area contributed by atoms with Crippen LogP contribution in [0.1, 0.15) is 18.4 Å². The molecule has 1 amide bonds. The van der Waals surface area contributed by atoms with Crippen LogP contribution in [0.2, 0.25) is 0 Å². The number of hydrogen-bond donors (Lipinski definition) is 1. The van der Waals surface area contributed by atoms with E-state index in [-0.39, 0.29) is 11.8 Å². The predicted octanol–water partition coefficient (Wildman–Crippen LogP) is 3.83. The van der Waals surface area contributed by atoms with E-state index in [1.54, 1.807) is 11.3 Å². The van der Waals surface area contributed by atoms with Crippen molar-refractivity contribution in [3.8, 4) is 0 Å². The van der Waals surface area contributed by atoms with Crippen LogP contribution in [0.15, 0.2) is 54.0 Å². The topological polar surface area (TPSA) is 45.2 Å². The summed E-state index contributed by atoms with van der Waals surface area (Å²) in [5, 5.41) is 6.38. The lowest BCUT2D eigenvalue weighted by Crippen LogP contribution is -2.43. The third-order valence-corrected chi connectivity index (χ3v) is 5.64. The summed E-state index contributed by atoms with van der Waals surface area (Å²) >= 11 is 1.73. The molecule has 4 nitrogen and oxygen atoms in total. The molecule has 4 rings (SSSR count). The van der Waals surface area contributed by atoms with E-state index in [0.717, 1.165) is 37.3 Å². The zero-order valence-electron chi connectivity index (χ0n) is 14.0. The number of thiophene rings is 1. The van der Waals surface area contributed by atoms with Crippen LogP contribution in [0.3, 0.4) is 0 Å². The lowest BCUT2D eigenvalue weighted by molar-refractivity contribution is -0.125. The molecule has 1 atom stereocenters. The van der Waals surface area contributed by atoms with Gasteiger partial charge in [-0.05, 0) is 35.9 Å². The Hall–Kier alpha value is -2.40. The molecule has 0 bridgehead atoms. The second kappa shape index (κ2) is 7.23. The second-order valence-corrected chi connectivity index (χ2v) is 7.40. The summed E-state index contributed by atoms with van der Waals surface area (Å²) in [5.41, 5.74) is 1.13. The number of carbonyl (C=O) groups excluding carboxylic acids is 1. The fraction of sp³-hybridized carbons (Fsp3) is 0.300. The highest BCUT2D eigenvalue weighted by atomic mass is 32.1. The fourth-order valence-corrected chi connectivity index (χ4v) is 4.22. The Kier molecular flexibility index (Phi) is 4.65. The average molecular weight is 351 g/mol. The van der Waals surface area contributed by atoms with Gasteiger partial charge in [0, 0.05) is 35.9 Å². The number of piperidine rings is 1. The molecule has 1 saturated heterocycles. The highest BCUT2D eigenvalue weighted by molar-refractivity contribution is 7.17. The average Bonchev–Trinajstić information content (AvgIpc) is 3.16. The van der Waals surface area contributed by atoms with E-state index < -0.39 is 0 Å². The summed E-state index contributed by atoms with van der Waals surface area (Å²) in [7, 11) is 0. The van der Waals surface area contributed by atoms with Crippen LogP contribution in [-0.4, -0.2) is 24.0 Å². The zero-order chi connectivity index (χ0) is 17.1. The minimum atomic E-state index is 0.0214. The quantitative estimate of drug-likeness (QED) is 0.777. The Morgan fingerprint density at radius 1 is 1.24 bits per heavy atom. The van der Waals surface area contributed by atoms with E-state index in [4.69, 9.17) is 0 Å². The largest absolute Gasteiger partial charge is 0.355 e. The van der Waals surface area contributed by atoms with Gasteiger partial charge in [-0.2, -0.15) is 0 Å². The van der Waals surface area contributed by atoms with E-state index in [0.29, 0.717) is 6.54 Å². The molecule has 1 aliphatic heterocycles. The van der Waals surface area contributed by atoms with Crippen molar-refractivity contribution in [2.24, 2.45) is 5.92 Å². The molecular weight excluding hydrogens is 330 g/mol.